The van der Waals surface area contributed by atoms with Crippen LogP contribution in [0, 0.1) is 0 Å². The summed E-state index contributed by atoms with van der Waals surface area (Å²) in [6.45, 7) is 4.19. The topological polar surface area (TPSA) is 21.3 Å². The van der Waals surface area contributed by atoms with Crippen molar-refractivity contribution in [2.24, 2.45) is 0 Å². The molecule has 0 aromatic heterocycles. The maximum Gasteiger partial charge on any atom is 0.132 e. The van der Waals surface area contributed by atoms with Crippen molar-refractivity contribution in [2.75, 3.05) is 6.26 Å². The Labute approximate surface area is 115 Å². The number of nitrogens with one attached hydrogen (secondary N) is 1. The molecular weight excluding hydrogens is 298 g/mol. The van der Waals surface area contributed by atoms with E-state index in [1.54, 1.807) is 11.8 Å². The summed E-state index contributed by atoms with van der Waals surface area (Å²) < 4.78 is 1.16. The van der Waals surface area contributed by atoms with Gasteiger partial charge in [0.15, 0.2) is 0 Å². The number of hydrogen-bond acceptors (Lipinski definition) is 3. The van der Waals surface area contributed by atoms with Crippen LogP contribution in [0.4, 0.5) is 0 Å². The van der Waals surface area contributed by atoms with Crippen LogP contribution in [0.15, 0.2) is 33.3 Å². The van der Waals surface area contributed by atoms with Gasteiger partial charge in [0.25, 0.3) is 0 Å². The van der Waals surface area contributed by atoms with Crippen LogP contribution in [0.5, 0.6) is 0 Å². The predicted octanol–water partition coefficient (Wildman–Crippen LogP) is 4.21. The summed E-state index contributed by atoms with van der Waals surface area (Å²) in [5, 5.41) is 0. The highest BCUT2D eigenvalue weighted by Gasteiger charge is 2.23. The molecule has 2 rings (SSSR count). The van der Waals surface area contributed by atoms with Gasteiger partial charge in [-0.05, 0) is 43.4 Å². The van der Waals surface area contributed by atoms with Gasteiger partial charge in [-0.1, -0.05) is 22.9 Å². The van der Waals surface area contributed by atoms with Crippen LogP contribution in [-0.2, 0) is 11.3 Å². The zero-order chi connectivity index (χ0) is 12.4. The molecule has 0 aliphatic carbocycles. The van der Waals surface area contributed by atoms with Crippen LogP contribution in [0.2, 0.25) is 0 Å². The second-order valence-electron chi connectivity index (χ2n) is 3.99. The molecule has 0 bridgehead atoms. The van der Waals surface area contributed by atoms with Gasteiger partial charge in [0.05, 0.1) is 0 Å². The van der Waals surface area contributed by atoms with E-state index < -0.39 is 0 Å². The van der Waals surface area contributed by atoms with E-state index in [0.717, 1.165) is 16.6 Å². The minimum atomic E-state index is 0.0184. The molecular formula is C13H16BrNOS. The van der Waals surface area contributed by atoms with Gasteiger partial charge < -0.3 is 0 Å². The van der Waals surface area contributed by atoms with E-state index in [1.807, 2.05) is 6.92 Å². The van der Waals surface area contributed by atoms with E-state index in [1.165, 1.54) is 16.0 Å². The third-order valence-electron chi connectivity index (χ3n) is 2.87. The Hall–Kier alpha value is -0.450. The highest BCUT2D eigenvalue weighted by atomic mass is 79.9. The number of benzene rings is 1. The van der Waals surface area contributed by atoms with Gasteiger partial charge in [0.1, 0.15) is 6.10 Å². The lowest BCUT2D eigenvalue weighted by molar-refractivity contribution is 0.0403. The summed E-state index contributed by atoms with van der Waals surface area (Å²) in [7, 11) is 0. The van der Waals surface area contributed by atoms with Crippen LogP contribution in [-0.4, -0.2) is 6.26 Å². The quantitative estimate of drug-likeness (QED) is 0.844. The van der Waals surface area contributed by atoms with Crippen molar-refractivity contribution in [2.45, 2.75) is 31.3 Å². The lowest BCUT2D eigenvalue weighted by atomic mass is 10.00. The van der Waals surface area contributed by atoms with Crippen LogP contribution < -0.4 is 5.48 Å². The van der Waals surface area contributed by atoms with Crippen LogP contribution in [0.3, 0.4) is 0 Å². The fraction of sp³-hybridized carbons (Fsp3) is 0.385. The molecule has 1 unspecified atom stereocenters. The van der Waals surface area contributed by atoms with Crippen molar-refractivity contribution in [1.82, 2.24) is 5.48 Å². The first kappa shape index (κ1) is 13.0. The zero-order valence-corrected chi connectivity index (χ0v) is 12.6. The van der Waals surface area contributed by atoms with Crippen molar-refractivity contribution in [3.05, 3.63) is 39.5 Å². The third-order valence-corrected chi connectivity index (χ3v) is 4.40. The van der Waals surface area contributed by atoms with Crippen molar-refractivity contribution >= 4 is 27.7 Å². The molecule has 4 heteroatoms. The zero-order valence-electron chi connectivity index (χ0n) is 10.2. The molecule has 1 aliphatic rings. The van der Waals surface area contributed by atoms with Crippen molar-refractivity contribution < 1.29 is 4.84 Å². The number of halogens is 1. The van der Waals surface area contributed by atoms with Gasteiger partial charge in [0.2, 0.25) is 0 Å². The first-order valence-corrected chi connectivity index (χ1v) is 7.64. The summed E-state index contributed by atoms with van der Waals surface area (Å²) in [6, 6.07) is 4.27. The fourth-order valence-corrected chi connectivity index (χ4v) is 3.35. The minimum absolute atomic E-state index is 0.0184. The molecule has 0 saturated carbocycles. The second kappa shape index (κ2) is 5.46. The average molecular weight is 314 g/mol. The Bertz CT molecular complexity index is 459. The molecule has 1 N–H and O–H groups in total. The first-order chi connectivity index (χ1) is 8.17. The van der Waals surface area contributed by atoms with Crippen LogP contribution >= 0.6 is 27.7 Å². The van der Waals surface area contributed by atoms with E-state index in [2.05, 4.69) is 52.8 Å². The van der Waals surface area contributed by atoms with Crippen molar-refractivity contribution in [3.63, 3.8) is 0 Å². The number of allylic oxidation sites excluding steroid dienone is 1. The van der Waals surface area contributed by atoms with E-state index >= 15 is 0 Å². The maximum atomic E-state index is 5.61. The number of hydroxylamine groups is 1. The molecule has 17 heavy (non-hydrogen) atoms. The maximum absolute atomic E-state index is 5.61. The Kier molecular flexibility index (Phi) is 4.17. The molecule has 1 atom stereocenters. The summed E-state index contributed by atoms with van der Waals surface area (Å²) in [6.07, 6.45) is 5.24. The largest absolute Gasteiger partial charge is 0.271 e. The molecule has 0 radical (unpaired) electrons. The molecule has 1 aromatic carbocycles. The van der Waals surface area contributed by atoms with E-state index in [-0.39, 0.29) is 6.10 Å². The Balaban J connectivity index is 2.53. The average Bonchev–Trinajstić information content (AvgIpc) is 2.75. The van der Waals surface area contributed by atoms with Gasteiger partial charge >= 0.3 is 0 Å². The Morgan fingerprint density at radius 3 is 2.76 bits per heavy atom. The highest BCUT2D eigenvalue weighted by molar-refractivity contribution is 9.10. The molecule has 1 aliphatic heterocycles. The third kappa shape index (κ3) is 2.54. The smallest absolute Gasteiger partial charge is 0.132 e. The van der Waals surface area contributed by atoms with Gasteiger partial charge in [0, 0.05) is 20.6 Å². The van der Waals surface area contributed by atoms with E-state index in [0.29, 0.717) is 0 Å². The fourth-order valence-electron chi connectivity index (χ4n) is 2.06. The molecule has 0 fully saturated rings. The number of rotatable bonds is 3. The standard InChI is InChI=1S/C13H16BrNOS/c1-4-9-10(14)5-6-12(17-3)13(9)11-7-8(2)15-16-11/h5-7,11,15H,4H2,1-3H3. The Morgan fingerprint density at radius 1 is 1.47 bits per heavy atom. The van der Waals surface area contributed by atoms with Crippen LogP contribution in [0.1, 0.15) is 31.1 Å². The number of thioether (sulfide) groups is 1. The van der Waals surface area contributed by atoms with Gasteiger partial charge in [-0.15, -0.1) is 11.8 Å². The van der Waals surface area contributed by atoms with Gasteiger partial charge in [-0.25, -0.2) is 0 Å². The van der Waals surface area contributed by atoms with Crippen molar-refractivity contribution in [1.29, 1.82) is 0 Å². The highest BCUT2D eigenvalue weighted by Crippen LogP contribution is 2.37. The molecule has 1 aromatic rings. The predicted molar refractivity (Wildman–Crippen MR) is 76.0 cm³/mol. The number of hydrogen-bond donors (Lipinski definition) is 1. The monoisotopic (exact) mass is 313 g/mol. The Morgan fingerprint density at radius 2 is 2.24 bits per heavy atom. The normalized spacial score (nSPS) is 19.1. The van der Waals surface area contributed by atoms with Gasteiger partial charge in [-0.3, -0.25) is 10.3 Å². The molecule has 0 amide bonds. The molecule has 0 spiro atoms. The molecule has 1 heterocycles. The first-order valence-electron chi connectivity index (χ1n) is 5.62. The molecule has 92 valence electrons. The summed E-state index contributed by atoms with van der Waals surface area (Å²) in [5.41, 5.74) is 6.60. The second-order valence-corrected chi connectivity index (χ2v) is 5.69. The lowest BCUT2D eigenvalue weighted by Crippen LogP contribution is -2.09. The van der Waals surface area contributed by atoms with E-state index in [4.69, 9.17) is 4.84 Å². The van der Waals surface area contributed by atoms with Crippen molar-refractivity contribution in [3.8, 4) is 0 Å². The summed E-state index contributed by atoms with van der Waals surface area (Å²) >= 11 is 5.39. The summed E-state index contributed by atoms with van der Waals surface area (Å²) in [4.78, 5) is 6.89. The van der Waals surface area contributed by atoms with Gasteiger partial charge in [-0.2, -0.15) is 0 Å². The van der Waals surface area contributed by atoms with E-state index in [9.17, 15) is 0 Å². The lowest BCUT2D eigenvalue weighted by Gasteiger charge is -2.18. The van der Waals surface area contributed by atoms with Crippen LogP contribution in [0.25, 0.3) is 0 Å². The molecule has 0 saturated heterocycles. The summed E-state index contributed by atoms with van der Waals surface area (Å²) in [5.74, 6) is 0. The molecule has 2 nitrogen and oxygen atoms in total. The minimum Gasteiger partial charge on any atom is -0.271 e. The SMILES string of the molecule is CCc1c(Br)ccc(SC)c1C1C=C(C)NO1.